The molecule has 3 heterocycles. The first-order valence-electron chi connectivity index (χ1n) is 8.81. The van der Waals surface area contributed by atoms with Crippen LogP contribution < -0.4 is 10.2 Å². The van der Waals surface area contributed by atoms with Crippen molar-refractivity contribution in [2.45, 2.75) is 19.3 Å². The van der Waals surface area contributed by atoms with Crippen molar-refractivity contribution >= 4 is 34.1 Å². The summed E-state index contributed by atoms with van der Waals surface area (Å²) < 4.78 is 0. The van der Waals surface area contributed by atoms with E-state index in [2.05, 4.69) is 32.3 Å². The van der Waals surface area contributed by atoms with E-state index in [0.717, 1.165) is 29.7 Å². The number of aromatic carboxylic acids is 1. The van der Waals surface area contributed by atoms with Gasteiger partial charge in [-0.25, -0.2) is 9.78 Å². The molecule has 0 bridgehead atoms. The Morgan fingerprint density at radius 2 is 1.88 bits per heavy atom. The van der Waals surface area contributed by atoms with Crippen molar-refractivity contribution in [1.29, 1.82) is 0 Å². The summed E-state index contributed by atoms with van der Waals surface area (Å²) in [6.07, 6.45) is 6.88. The molecule has 26 heavy (non-hydrogen) atoms. The summed E-state index contributed by atoms with van der Waals surface area (Å²) in [7, 11) is 0. The lowest BCUT2D eigenvalue weighted by Crippen LogP contribution is -2.29. The van der Waals surface area contributed by atoms with Gasteiger partial charge in [-0.1, -0.05) is 0 Å². The highest BCUT2D eigenvalue weighted by atomic mass is 16.4. The number of carboxylic acids is 1. The molecule has 1 aromatic carbocycles. The van der Waals surface area contributed by atoms with Crippen LogP contribution in [0.1, 0.15) is 29.6 Å². The number of nitrogens with one attached hydrogen (secondary N) is 1. The predicted molar refractivity (Wildman–Crippen MR) is 102 cm³/mol. The first-order valence-corrected chi connectivity index (χ1v) is 8.81. The second-order valence-electron chi connectivity index (χ2n) is 6.47. The topological polar surface area (TPSA) is 78.3 Å². The molecule has 0 amide bonds. The van der Waals surface area contributed by atoms with Crippen LogP contribution in [0.2, 0.25) is 0 Å². The van der Waals surface area contributed by atoms with E-state index in [1.165, 1.54) is 31.1 Å². The molecule has 4 rings (SSSR count). The Labute approximate surface area is 151 Å². The van der Waals surface area contributed by atoms with Crippen molar-refractivity contribution in [1.82, 2.24) is 9.97 Å². The minimum Gasteiger partial charge on any atom is -0.478 e. The maximum atomic E-state index is 11.0. The maximum absolute atomic E-state index is 11.0. The van der Waals surface area contributed by atoms with E-state index < -0.39 is 5.97 Å². The fourth-order valence-electron chi connectivity index (χ4n) is 3.32. The second-order valence-corrected chi connectivity index (χ2v) is 6.47. The maximum Gasteiger partial charge on any atom is 0.337 e. The van der Waals surface area contributed by atoms with Crippen molar-refractivity contribution in [2.75, 3.05) is 23.3 Å². The minimum absolute atomic E-state index is 0.169. The highest BCUT2D eigenvalue weighted by Crippen LogP contribution is 2.29. The van der Waals surface area contributed by atoms with Gasteiger partial charge in [0, 0.05) is 36.6 Å². The molecule has 1 saturated heterocycles. The number of pyridine rings is 2. The third-order valence-corrected chi connectivity index (χ3v) is 4.72. The Morgan fingerprint density at radius 3 is 2.62 bits per heavy atom. The number of hydrogen-bond donors (Lipinski definition) is 2. The number of nitrogens with zero attached hydrogens (tertiary/aromatic N) is 3. The second kappa shape index (κ2) is 7.00. The van der Waals surface area contributed by atoms with Gasteiger partial charge in [0.15, 0.2) is 0 Å². The van der Waals surface area contributed by atoms with Gasteiger partial charge in [0.25, 0.3) is 0 Å². The molecule has 0 saturated carbocycles. The number of anilines is 3. The Morgan fingerprint density at radius 1 is 1.04 bits per heavy atom. The molecule has 132 valence electrons. The first kappa shape index (κ1) is 16.3. The van der Waals surface area contributed by atoms with E-state index in [-0.39, 0.29) is 5.56 Å². The molecule has 1 aliphatic heterocycles. The number of hydrogen-bond acceptors (Lipinski definition) is 5. The Balaban J connectivity index is 1.66. The van der Waals surface area contributed by atoms with Crippen molar-refractivity contribution in [3.05, 3.63) is 54.4 Å². The molecule has 0 atom stereocenters. The number of piperidine rings is 1. The molecule has 0 unspecified atom stereocenters. The largest absolute Gasteiger partial charge is 0.478 e. The molecule has 0 radical (unpaired) electrons. The lowest BCUT2D eigenvalue weighted by atomic mass is 10.1. The average molecular weight is 348 g/mol. The van der Waals surface area contributed by atoms with Gasteiger partial charge < -0.3 is 15.3 Å². The van der Waals surface area contributed by atoms with Gasteiger partial charge in [0.2, 0.25) is 0 Å². The van der Waals surface area contributed by atoms with Crippen LogP contribution in [-0.4, -0.2) is 34.1 Å². The van der Waals surface area contributed by atoms with E-state index in [1.54, 1.807) is 18.3 Å². The Kier molecular flexibility index (Phi) is 4.39. The first-order chi connectivity index (χ1) is 12.7. The summed E-state index contributed by atoms with van der Waals surface area (Å²) in [4.78, 5) is 22.0. The van der Waals surface area contributed by atoms with Crippen LogP contribution >= 0.6 is 0 Å². The van der Waals surface area contributed by atoms with Gasteiger partial charge in [-0.05, 0) is 55.7 Å². The van der Waals surface area contributed by atoms with Gasteiger partial charge in [-0.2, -0.15) is 0 Å². The quantitative estimate of drug-likeness (QED) is 0.740. The van der Waals surface area contributed by atoms with Crippen LogP contribution in [0.4, 0.5) is 17.2 Å². The van der Waals surface area contributed by atoms with E-state index in [1.807, 2.05) is 12.1 Å². The molecule has 1 fully saturated rings. The molecule has 3 aromatic rings. The third-order valence-electron chi connectivity index (χ3n) is 4.72. The van der Waals surface area contributed by atoms with Crippen molar-refractivity contribution in [2.24, 2.45) is 0 Å². The fraction of sp³-hybridized carbons (Fsp3) is 0.250. The van der Waals surface area contributed by atoms with Crippen LogP contribution in [0, 0.1) is 0 Å². The zero-order valence-corrected chi connectivity index (χ0v) is 14.4. The molecule has 2 aromatic heterocycles. The van der Waals surface area contributed by atoms with Crippen LogP contribution in [-0.2, 0) is 0 Å². The average Bonchev–Trinajstić information content (AvgIpc) is 2.69. The monoisotopic (exact) mass is 348 g/mol. The van der Waals surface area contributed by atoms with Gasteiger partial charge >= 0.3 is 5.97 Å². The highest BCUT2D eigenvalue weighted by Gasteiger charge is 2.13. The van der Waals surface area contributed by atoms with Crippen LogP contribution in [0.25, 0.3) is 10.9 Å². The summed E-state index contributed by atoms with van der Waals surface area (Å²) in [6, 6.07) is 11.5. The summed E-state index contributed by atoms with van der Waals surface area (Å²) in [5, 5.41) is 13.3. The summed E-state index contributed by atoms with van der Waals surface area (Å²) in [5.41, 5.74) is 3.20. The minimum atomic E-state index is -0.982. The third kappa shape index (κ3) is 3.31. The van der Waals surface area contributed by atoms with E-state index in [0.29, 0.717) is 5.82 Å². The summed E-state index contributed by atoms with van der Waals surface area (Å²) in [5.74, 6) is -0.379. The van der Waals surface area contributed by atoms with Gasteiger partial charge in [0.05, 0.1) is 16.8 Å². The summed E-state index contributed by atoms with van der Waals surface area (Å²) in [6.45, 7) is 2.18. The molecular weight excluding hydrogens is 328 g/mol. The van der Waals surface area contributed by atoms with Crippen LogP contribution in [0.5, 0.6) is 0 Å². The lowest BCUT2D eigenvalue weighted by molar-refractivity contribution is 0.0696. The van der Waals surface area contributed by atoms with Crippen molar-refractivity contribution in [3.63, 3.8) is 0 Å². The molecular formula is C20H20N4O2. The van der Waals surface area contributed by atoms with Gasteiger partial charge in [-0.3, -0.25) is 4.98 Å². The molecule has 0 aliphatic carbocycles. The highest BCUT2D eigenvalue weighted by molar-refractivity contribution is 5.95. The molecule has 0 spiro atoms. The van der Waals surface area contributed by atoms with Crippen molar-refractivity contribution in [3.8, 4) is 0 Å². The normalized spacial score (nSPS) is 14.4. The number of carbonyl (C=O) groups is 1. The zero-order valence-electron chi connectivity index (χ0n) is 14.4. The Hall–Kier alpha value is -3.15. The van der Waals surface area contributed by atoms with Crippen molar-refractivity contribution < 1.29 is 9.90 Å². The number of aromatic nitrogens is 2. The molecule has 2 N–H and O–H groups in total. The number of carboxylic acid groups (broad SMARTS) is 1. The number of fused-ring (bicyclic) bond motifs is 1. The molecule has 6 heteroatoms. The van der Waals surface area contributed by atoms with E-state index in [4.69, 9.17) is 5.11 Å². The lowest BCUT2D eigenvalue weighted by Gasteiger charge is -2.29. The van der Waals surface area contributed by atoms with E-state index in [9.17, 15) is 4.79 Å². The van der Waals surface area contributed by atoms with Crippen LogP contribution in [0.15, 0.2) is 48.8 Å². The molecule has 1 aliphatic rings. The Bertz CT molecular complexity index is 934. The SMILES string of the molecule is O=C(O)c1ccc(Nc2ccnc3ccc(N4CCCCC4)cc23)nc1. The van der Waals surface area contributed by atoms with Gasteiger partial charge in [-0.15, -0.1) is 0 Å². The standard InChI is InChI=1S/C20H20N4O2/c25-20(26)14-4-7-19(22-13-14)23-18-8-9-21-17-6-5-15(12-16(17)18)24-10-2-1-3-11-24/h4-9,12-13H,1-3,10-11H2,(H,25,26)(H,21,22,23). The smallest absolute Gasteiger partial charge is 0.337 e. The number of benzene rings is 1. The van der Waals surface area contributed by atoms with E-state index >= 15 is 0 Å². The predicted octanol–water partition coefficient (Wildman–Crippen LogP) is 4.06. The fourth-order valence-corrected chi connectivity index (χ4v) is 3.32. The van der Waals surface area contributed by atoms with Crippen LogP contribution in [0.3, 0.4) is 0 Å². The number of rotatable bonds is 4. The summed E-state index contributed by atoms with van der Waals surface area (Å²) >= 11 is 0. The zero-order chi connectivity index (χ0) is 17.9. The van der Waals surface area contributed by atoms with Gasteiger partial charge in [0.1, 0.15) is 5.82 Å². The molecule has 6 nitrogen and oxygen atoms in total.